The van der Waals surface area contributed by atoms with Crippen molar-refractivity contribution in [2.75, 3.05) is 11.9 Å². The molecule has 0 fully saturated rings. The fourth-order valence-electron chi connectivity index (χ4n) is 1.61. The van der Waals surface area contributed by atoms with E-state index in [2.05, 4.69) is 5.32 Å². The van der Waals surface area contributed by atoms with Gasteiger partial charge in [-0.1, -0.05) is 6.07 Å². The number of hydrogen-bond donors (Lipinski definition) is 2. The molecule has 0 radical (unpaired) electrons. The molecule has 2 N–H and O–H groups in total. The molecule has 1 heterocycles. The van der Waals surface area contributed by atoms with Crippen molar-refractivity contribution >= 4 is 17.4 Å². The number of benzene rings is 1. The van der Waals surface area contributed by atoms with Gasteiger partial charge in [0, 0.05) is 18.7 Å². The van der Waals surface area contributed by atoms with Gasteiger partial charge >= 0.3 is 5.97 Å². The highest BCUT2D eigenvalue weighted by Crippen LogP contribution is 2.25. The summed E-state index contributed by atoms with van der Waals surface area (Å²) in [4.78, 5) is 22.3. The van der Waals surface area contributed by atoms with E-state index < -0.39 is 5.97 Å². The standard InChI is InChI=1S/C10H9NO3/c12-8-4-5-11-7-3-1-2-6(9(7)8)10(13)14/h1-3,11H,4-5H2,(H,13,14). The molecule has 1 aromatic carbocycles. The summed E-state index contributed by atoms with van der Waals surface area (Å²) < 4.78 is 0. The zero-order valence-electron chi connectivity index (χ0n) is 7.41. The van der Waals surface area contributed by atoms with Crippen molar-refractivity contribution in [2.24, 2.45) is 0 Å². The molecule has 72 valence electrons. The Morgan fingerprint density at radius 2 is 2.21 bits per heavy atom. The predicted molar refractivity (Wildman–Crippen MR) is 50.8 cm³/mol. The lowest BCUT2D eigenvalue weighted by Gasteiger charge is -2.18. The Labute approximate surface area is 80.6 Å². The van der Waals surface area contributed by atoms with Gasteiger partial charge in [-0.2, -0.15) is 0 Å². The van der Waals surface area contributed by atoms with Crippen molar-refractivity contribution in [2.45, 2.75) is 6.42 Å². The van der Waals surface area contributed by atoms with Crippen LogP contribution in [-0.4, -0.2) is 23.4 Å². The Kier molecular flexibility index (Phi) is 1.96. The first-order valence-electron chi connectivity index (χ1n) is 4.33. The Hall–Kier alpha value is -1.84. The Morgan fingerprint density at radius 1 is 1.43 bits per heavy atom. The molecule has 1 aromatic rings. The maximum absolute atomic E-state index is 11.5. The highest BCUT2D eigenvalue weighted by atomic mass is 16.4. The van der Waals surface area contributed by atoms with E-state index in [1.165, 1.54) is 6.07 Å². The van der Waals surface area contributed by atoms with E-state index >= 15 is 0 Å². The average molecular weight is 191 g/mol. The van der Waals surface area contributed by atoms with Gasteiger partial charge in [0.2, 0.25) is 0 Å². The third-order valence-corrected chi connectivity index (χ3v) is 2.24. The van der Waals surface area contributed by atoms with Crippen LogP contribution in [0.3, 0.4) is 0 Å². The molecule has 4 heteroatoms. The second-order valence-corrected chi connectivity index (χ2v) is 3.13. The summed E-state index contributed by atoms with van der Waals surface area (Å²) in [5.74, 6) is -1.16. The minimum atomic E-state index is -1.06. The molecule has 1 aliphatic heterocycles. The molecule has 0 atom stereocenters. The number of ketones is 1. The van der Waals surface area contributed by atoms with Gasteiger partial charge in [-0.25, -0.2) is 4.79 Å². The summed E-state index contributed by atoms with van der Waals surface area (Å²) in [5, 5.41) is 11.9. The molecule has 0 saturated heterocycles. The molecule has 0 saturated carbocycles. The number of anilines is 1. The van der Waals surface area contributed by atoms with Gasteiger partial charge in [0.1, 0.15) is 0 Å². The van der Waals surface area contributed by atoms with E-state index in [4.69, 9.17) is 5.11 Å². The maximum Gasteiger partial charge on any atom is 0.336 e. The first-order valence-corrected chi connectivity index (χ1v) is 4.33. The highest BCUT2D eigenvalue weighted by molar-refractivity contribution is 6.10. The maximum atomic E-state index is 11.5. The first kappa shape index (κ1) is 8.74. The molecule has 0 spiro atoms. The van der Waals surface area contributed by atoms with E-state index in [1.54, 1.807) is 12.1 Å². The van der Waals surface area contributed by atoms with Gasteiger partial charge in [0.05, 0.1) is 11.1 Å². The monoisotopic (exact) mass is 191 g/mol. The van der Waals surface area contributed by atoms with Crippen molar-refractivity contribution in [1.29, 1.82) is 0 Å². The lowest BCUT2D eigenvalue weighted by atomic mass is 9.96. The van der Waals surface area contributed by atoms with Crippen molar-refractivity contribution in [3.8, 4) is 0 Å². The van der Waals surface area contributed by atoms with Crippen LogP contribution >= 0.6 is 0 Å². The lowest BCUT2D eigenvalue weighted by Crippen LogP contribution is -2.21. The van der Waals surface area contributed by atoms with Gasteiger partial charge in [-0.05, 0) is 12.1 Å². The second kappa shape index (κ2) is 3.14. The second-order valence-electron chi connectivity index (χ2n) is 3.13. The quantitative estimate of drug-likeness (QED) is 0.703. The summed E-state index contributed by atoms with van der Waals surface area (Å²) in [6.45, 7) is 0.578. The first-order chi connectivity index (χ1) is 6.70. The topological polar surface area (TPSA) is 66.4 Å². The fourth-order valence-corrected chi connectivity index (χ4v) is 1.61. The van der Waals surface area contributed by atoms with E-state index in [1.807, 2.05) is 0 Å². The van der Waals surface area contributed by atoms with Crippen LogP contribution in [0.2, 0.25) is 0 Å². The summed E-state index contributed by atoms with van der Waals surface area (Å²) in [6, 6.07) is 4.80. The molecule has 0 amide bonds. The number of fused-ring (bicyclic) bond motifs is 1. The van der Waals surface area contributed by atoms with Crippen molar-refractivity contribution in [3.05, 3.63) is 29.3 Å². The van der Waals surface area contributed by atoms with Crippen molar-refractivity contribution in [1.82, 2.24) is 0 Å². The van der Waals surface area contributed by atoms with Crippen LogP contribution in [0.15, 0.2) is 18.2 Å². The number of carbonyl (C=O) groups is 2. The van der Waals surface area contributed by atoms with E-state index in [-0.39, 0.29) is 11.3 Å². The predicted octanol–water partition coefficient (Wildman–Crippen LogP) is 1.38. The average Bonchev–Trinajstić information content (AvgIpc) is 2.17. The molecule has 1 aliphatic rings. The zero-order chi connectivity index (χ0) is 10.1. The minimum Gasteiger partial charge on any atom is -0.478 e. The molecular weight excluding hydrogens is 182 g/mol. The van der Waals surface area contributed by atoms with Crippen LogP contribution in [-0.2, 0) is 0 Å². The number of Topliss-reactive ketones (excluding diaryl/α,β-unsaturated/α-hetero) is 1. The Balaban J connectivity index is 2.63. The molecule has 0 unspecified atom stereocenters. The summed E-state index contributed by atoms with van der Waals surface area (Å²) in [7, 11) is 0. The van der Waals surface area contributed by atoms with Crippen LogP contribution in [0, 0.1) is 0 Å². The molecule has 0 bridgehead atoms. The summed E-state index contributed by atoms with van der Waals surface area (Å²) in [5.41, 5.74) is 1.02. The van der Waals surface area contributed by atoms with Crippen LogP contribution < -0.4 is 5.32 Å². The number of aromatic carboxylic acids is 1. The normalized spacial score (nSPS) is 14.4. The van der Waals surface area contributed by atoms with E-state index in [0.717, 1.165) is 0 Å². The van der Waals surface area contributed by atoms with Gasteiger partial charge in [0.15, 0.2) is 5.78 Å². The number of nitrogens with one attached hydrogen (secondary N) is 1. The molecule has 2 rings (SSSR count). The zero-order valence-corrected chi connectivity index (χ0v) is 7.41. The third kappa shape index (κ3) is 1.25. The highest BCUT2D eigenvalue weighted by Gasteiger charge is 2.22. The Morgan fingerprint density at radius 3 is 2.93 bits per heavy atom. The van der Waals surface area contributed by atoms with Gasteiger partial charge in [0.25, 0.3) is 0 Å². The van der Waals surface area contributed by atoms with Crippen LogP contribution in [0.25, 0.3) is 0 Å². The lowest BCUT2D eigenvalue weighted by molar-refractivity contribution is 0.0691. The molecular formula is C10H9NO3. The van der Waals surface area contributed by atoms with Gasteiger partial charge < -0.3 is 10.4 Å². The SMILES string of the molecule is O=C(O)c1cccc2c1C(=O)CCN2. The Bertz CT molecular complexity index is 412. The number of carboxylic acids is 1. The van der Waals surface area contributed by atoms with Crippen LogP contribution in [0.4, 0.5) is 5.69 Å². The van der Waals surface area contributed by atoms with Crippen molar-refractivity contribution < 1.29 is 14.7 Å². The van der Waals surface area contributed by atoms with E-state index in [9.17, 15) is 9.59 Å². The van der Waals surface area contributed by atoms with E-state index in [0.29, 0.717) is 24.2 Å². The molecule has 4 nitrogen and oxygen atoms in total. The fraction of sp³-hybridized carbons (Fsp3) is 0.200. The number of carboxylic acid groups (broad SMARTS) is 1. The molecule has 14 heavy (non-hydrogen) atoms. The van der Waals surface area contributed by atoms with Crippen molar-refractivity contribution in [3.63, 3.8) is 0 Å². The minimum absolute atomic E-state index is 0.0831. The number of hydrogen-bond acceptors (Lipinski definition) is 3. The number of carbonyl (C=O) groups excluding carboxylic acids is 1. The smallest absolute Gasteiger partial charge is 0.336 e. The summed E-state index contributed by atoms with van der Waals surface area (Å²) >= 11 is 0. The van der Waals surface area contributed by atoms with Gasteiger partial charge in [-0.3, -0.25) is 4.79 Å². The van der Waals surface area contributed by atoms with Crippen LogP contribution in [0.5, 0.6) is 0 Å². The van der Waals surface area contributed by atoms with Crippen LogP contribution in [0.1, 0.15) is 27.1 Å². The number of rotatable bonds is 1. The third-order valence-electron chi connectivity index (χ3n) is 2.24. The van der Waals surface area contributed by atoms with Gasteiger partial charge in [-0.15, -0.1) is 0 Å². The largest absolute Gasteiger partial charge is 0.478 e. The molecule has 0 aliphatic carbocycles. The molecule has 0 aromatic heterocycles. The summed E-state index contributed by atoms with van der Waals surface area (Å²) in [6.07, 6.45) is 0.358.